The van der Waals surface area contributed by atoms with Gasteiger partial charge in [0.05, 0.1) is 24.2 Å². The fourth-order valence-corrected chi connectivity index (χ4v) is 3.14. The van der Waals surface area contributed by atoms with E-state index in [4.69, 9.17) is 16.0 Å². The number of thioether (sulfide) groups is 1. The van der Waals surface area contributed by atoms with Gasteiger partial charge in [0.25, 0.3) is 11.1 Å². The third kappa shape index (κ3) is 4.52. The summed E-state index contributed by atoms with van der Waals surface area (Å²) in [6.45, 7) is 6.87. The number of ether oxygens (including phenoxy) is 2. The van der Waals surface area contributed by atoms with Crippen LogP contribution in [0.15, 0.2) is 41.3 Å². The highest BCUT2D eigenvalue weighted by Gasteiger charge is 2.34. The lowest BCUT2D eigenvalue weighted by Gasteiger charge is -2.14. The smallest absolute Gasteiger partial charge is 0.407 e. The van der Waals surface area contributed by atoms with E-state index in [2.05, 4.69) is 10.2 Å². The molecule has 10 heteroatoms. The van der Waals surface area contributed by atoms with Gasteiger partial charge in [-0.3, -0.25) is 14.9 Å². The van der Waals surface area contributed by atoms with E-state index in [1.165, 1.54) is 31.4 Å². The van der Waals surface area contributed by atoms with Crippen molar-refractivity contribution in [3.8, 4) is 17.2 Å². The minimum Gasteiger partial charge on any atom is -0.493 e. The van der Waals surface area contributed by atoms with Crippen LogP contribution in [0.25, 0.3) is 10.9 Å². The first-order valence-electron chi connectivity index (χ1n) is 7.90. The summed E-state index contributed by atoms with van der Waals surface area (Å²) in [5.74, 6) is -0.292. The summed E-state index contributed by atoms with van der Waals surface area (Å²) in [6.07, 6.45) is -3.22. The van der Waals surface area contributed by atoms with Crippen molar-refractivity contribution in [3.05, 3.63) is 63.8 Å². The predicted octanol–water partition coefficient (Wildman–Crippen LogP) is 5.38. The van der Waals surface area contributed by atoms with Crippen molar-refractivity contribution in [2.45, 2.75) is 6.18 Å². The maximum absolute atomic E-state index is 13.1. The lowest BCUT2D eigenvalue weighted by molar-refractivity contribution is -0.137. The van der Waals surface area contributed by atoms with Gasteiger partial charge < -0.3 is 9.47 Å². The van der Waals surface area contributed by atoms with Gasteiger partial charge in [-0.05, 0) is 47.7 Å². The van der Waals surface area contributed by atoms with Crippen LogP contribution in [0.5, 0.6) is 17.2 Å². The third-order valence-corrected chi connectivity index (χ3v) is 4.56. The van der Waals surface area contributed by atoms with Crippen molar-refractivity contribution in [1.29, 1.82) is 0 Å². The number of halogens is 3. The number of nitrogens with one attached hydrogen (secondary N) is 1. The van der Waals surface area contributed by atoms with Crippen LogP contribution in [-0.2, 0) is 11.0 Å². The van der Waals surface area contributed by atoms with Crippen molar-refractivity contribution >= 4 is 34.7 Å². The molecule has 1 heterocycles. The molecule has 0 saturated carbocycles. The molecule has 0 spiro atoms. The Labute approximate surface area is 167 Å². The van der Waals surface area contributed by atoms with Gasteiger partial charge in [-0.2, -0.15) is 13.2 Å². The van der Waals surface area contributed by atoms with E-state index in [0.29, 0.717) is 5.56 Å². The number of rotatable bonds is 4. The maximum Gasteiger partial charge on any atom is 0.407 e. The van der Waals surface area contributed by atoms with Gasteiger partial charge in [-0.15, -0.1) is 0 Å². The third-order valence-electron chi connectivity index (χ3n) is 3.75. The standard InChI is InChI=1S/C19H11F3N2O4S/c1-23-13-5-4-11(9-12(13)19(20,21)22)28-14-6-3-10(7-15(14)27-2)8-16-17(25)24-18(26)29-16/h3-9H,2H3,(H,24,25,26). The Balaban J connectivity index is 1.91. The lowest BCUT2D eigenvalue weighted by atomic mass is 10.1. The summed E-state index contributed by atoms with van der Waals surface area (Å²) in [5, 5.41) is 1.66. The van der Waals surface area contributed by atoms with Gasteiger partial charge in [-0.25, -0.2) is 4.85 Å². The lowest BCUT2D eigenvalue weighted by Crippen LogP contribution is -2.17. The first-order chi connectivity index (χ1) is 13.7. The predicted molar refractivity (Wildman–Crippen MR) is 99.9 cm³/mol. The summed E-state index contributed by atoms with van der Waals surface area (Å²) < 4.78 is 50.1. The Morgan fingerprint density at radius 2 is 1.90 bits per heavy atom. The van der Waals surface area contributed by atoms with Crippen LogP contribution in [-0.4, -0.2) is 18.3 Å². The summed E-state index contributed by atoms with van der Waals surface area (Å²) in [5.41, 5.74) is -1.10. The SMILES string of the molecule is [C-]#[N+]c1ccc(Oc2ccc(C=C3SC(=O)NC3=O)cc2OC)cc1C(F)(F)F. The van der Waals surface area contributed by atoms with Crippen LogP contribution in [0.4, 0.5) is 23.7 Å². The minimum atomic E-state index is -4.70. The molecular formula is C19H11F3N2O4S. The molecule has 29 heavy (non-hydrogen) atoms. The fraction of sp³-hybridized carbons (Fsp3) is 0.105. The van der Waals surface area contributed by atoms with Gasteiger partial charge in [0.1, 0.15) is 5.75 Å². The van der Waals surface area contributed by atoms with Crippen LogP contribution in [0.3, 0.4) is 0 Å². The minimum absolute atomic E-state index is 0.120. The molecule has 1 N–H and O–H groups in total. The van der Waals surface area contributed by atoms with Crippen molar-refractivity contribution in [3.63, 3.8) is 0 Å². The molecule has 6 nitrogen and oxygen atoms in total. The van der Waals surface area contributed by atoms with E-state index >= 15 is 0 Å². The largest absolute Gasteiger partial charge is 0.493 e. The van der Waals surface area contributed by atoms with Gasteiger partial charge in [-0.1, -0.05) is 12.1 Å². The van der Waals surface area contributed by atoms with Gasteiger partial charge in [0, 0.05) is 0 Å². The topological polar surface area (TPSA) is 69.0 Å². The van der Waals surface area contributed by atoms with Crippen molar-refractivity contribution < 1.29 is 32.2 Å². The zero-order valence-electron chi connectivity index (χ0n) is 14.7. The van der Waals surface area contributed by atoms with Gasteiger partial charge >= 0.3 is 6.18 Å². The number of carbonyl (C=O) groups excluding carboxylic acids is 2. The highest BCUT2D eigenvalue weighted by molar-refractivity contribution is 8.18. The number of carbonyl (C=O) groups is 2. The van der Waals surface area contributed by atoms with E-state index in [1.807, 2.05) is 0 Å². The number of hydrogen-bond donors (Lipinski definition) is 1. The average molecular weight is 420 g/mol. The number of imide groups is 1. The molecule has 1 aliphatic heterocycles. The molecule has 0 bridgehead atoms. The van der Waals surface area contributed by atoms with Crippen LogP contribution in [0, 0.1) is 6.57 Å². The molecule has 0 aliphatic carbocycles. The summed E-state index contributed by atoms with van der Waals surface area (Å²) >= 11 is 0.755. The average Bonchev–Trinajstić information content (AvgIpc) is 2.99. The zero-order valence-corrected chi connectivity index (χ0v) is 15.5. The number of benzene rings is 2. The highest BCUT2D eigenvalue weighted by atomic mass is 32.2. The first-order valence-corrected chi connectivity index (χ1v) is 8.72. The maximum atomic E-state index is 13.1. The van der Waals surface area contributed by atoms with E-state index in [1.54, 1.807) is 6.07 Å². The van der Waals surface area contributed by atoms with Crippen LogP contribution in [0.1, 0.15) is 11.1 Å². The summed E-state index contributed by atoms with van der Waals surface area (Å²) in [4.78, 5) is 25.9. The summed E-state index contributed by atoms with van der Waals surface area (Å²) in [7, 11) is 1.35. The Morgan fingerprint density at radius 3 is 2.48 bits per heavy atom. The second-order valence-corrected chi connectivity index (χ2v) is 6.67. The fourth-order valence-electron chi connectivity index (χ4n) is 2.46. The number of alkyl halides is 3. The second kappa shape index (κ2) is 7.89. The van der Waals surface area contributed by atoms with Crippen LogP contribution in [0.2, 0.25) is 0 Å². The van der Waals surface area contributed by atoms with Crippen LogP contribution >= 0.6 is 11.8 Å². The first kappa shape index (κ1) is 20.3. The molecule has 3 rings (SSSR count). The zero-order chi connectivity index (χ0) is 21.2. The second-order valence-electron chi connectivity index (χ2n) is 5.65. The number of hydrogen-bond acceptors (Lipinski definition) is 5. The van der Waals surface area contributed by atoms with Crippen molar-refractivity contribution in [1.82, 2.24) is 5.32 Å². The Bertz CT molecular complexity index is 1070. The molecule has 0 atom stereocenters. The van der Waals surface area contributed by atoms with Gasteiger partial charge in [0.2, 0.25) is 0 Å². The van der Waals surface area contributed by atoms with Crippen molar-refractivity contribution in [2.75, 3.05) is 7.11 Å². The molecule has 2 aromatic rings. The molecule has 148 valence electrons. The molecule has 0 radical (unpaired) electrons. The van der Waals surface area contributed by atoms with E-state index in [0.717, 1.165) is 23.9 Å². The molecular weight excluding hydrogens is 409 g/mol. The number of nitrogens with zero attached hydrogens (tertiary/aromatic N) is 1. The molecule has 1 saturated heterocycles. The molecule has 2 amide bonds. The normalized spacial score (nSPS) is 15.2. The Hall–Kier alpha value is -3.45. The molecule has 2 aromatic carbocycles. The molecule has 0 unspecified atom stereocenters. The van der Waals surface area contributed by atoms with Crippen molar-refractivity contribution in [2.24, 2.45) is 0 Å². The Kier molecular flexibility index (Phi) is 5.52. The Morgan fingerprint density at radius 1 is 1.14 bits per heavy atom. The number of amides is 2. The molecule has 1 aliphatic rings. The monoisotopic (exact) mass is 420 g/mol. The summed E-state index contributed by atoms with van der Waals surface area (Å²) in [6, 6.07) is 7.55. The van der Waals surface area contributed by atoms with Gasteiger partial charge in [0.15, 0.2) is 17.2 Å². The highest BCUT2D eigenvalue weighted by Crippen LogP contribution is 2.41. The van der Waals surface area contributed by atoms with Crippen LogP contribution < -0.4 is 14.8 Å². The van der Waals surface area contributed by atoms with E-state index in [9.17, 15) is 22.8 Å². The molecule has 0 aromatic heterocycles. The van der Waals surface area contributed by atoms with E-state index < -0.39 is 28.6 Å². The van der Waals surface area contributed by atoms with E-state index in [-0.39, 0.29) is 22.2 Å². The molecule has 1 fully saturated rings. The quantitative estimate of drug-likeness (QED) is 0.531. The number of methoxy groups -OCH3 is 1.